The molecular formula is C15H22N2O2. The molecule has 0 radical (unpaired) electrons. The Morgan fingerprint density at radius 2 is 1.74 bits per heavy atom. The molecule has 1 aliphatic heterocycles. The number of likely N-dealkylation sites (N-methyl/N-ethyl adjacent to an activating group) is 1. The zero-order valence-electron chi connectivity index (χ0n) is 11.9. The van der Waals surface area contributed by atoms with Crippen molar-refractivity contribution in [2.45, 2.75) is 13.8 Å². The predicted molar refractivity (Wildman–Crippen MR) is 75.8 cm³/mol. The molecule has 1 aliphatic rings. The van der Waals surface area contributed by atoms with Gasteiger partial charge >= 0.3 is 0 Å². The van der Waals surface area contributed by atoms with Gasteiger partial charge in [-0.1, -0.05) is 0 Å². The number of aryl methyl sites for hydroxylation is 2. The van der Waals surface area contributed by atoms with E-state index in [4.69, 9.17) is 0 Å². The van der Waals surface area contributed by atoms with Gasteiger partial charge in [0.15, 0.2) is 5.78 Å². The molecule has 1 saturated heterocycles. The van der Waals surface area contributed by atoms with Gasteiger partial charge in [-0.05, 0) is 44.2 Å². The molecule has 0 bridgehead atoms. The minimum atomic E-state index is 0.00477. The quantitative estimate of drug-likeness (QED) is 0.837. The average molecular weight is 262 g/mol. The Balaban J connectivity index is 2.06. The number of hydrogen-bond donors (Lipinski definition) is 1. The third-order valence-electron chi connectivity index (χ3n) is 3.88. The maximum atomic E-state index is 12.3. The van der Waals surface area contributed by atoms with Crippen LogP contribution in [0.3, 0.4) is 0 Å². The molecule has 19 heavy (non-hydrogen) atoms. The van der Waals surface area contributed by atoms with E-state index in [1.807, 2.05) is 13.8 Å². The highest BCUT2D eigenvalue weighted by Gasteiger charge is 2.19. The van der Waals surface area contributed by atoms with Crippen molar-refractivity contribution < 1.29 is 9.90 Å². The van der Waals surface area contributed by atoms with Crippen LogP contribution < -0.4 is 0 Å². The molecule has 0 spiro atoms. The van der Waals surface area contributed by atoms with Gasteiger partial charge in [0.2, 0.25) is 0 Å². The number of phenols is 1. The van der Waals surface area contributed by atoms with Crippen LogP contribution in [0.25, 0.3) is 0 Å². The van der Waals surface area contributed by atoms with Crippen molar-refractivity contribution in [2.75, 3.05) is 39.8 Å². The van der Waals surface area contributed by atoms with E-state index < -0.39 is 0 Å². The molecule has 1 fully saturated rings. The van der Waals surface area contributed by atoms with Gasteiger partial charge in [0.05, 0.1) is 12.1 Å². The standard InChI is InChI=1S/C15H22N2O2/c1-11-8-13(14(18)9-12(11)2)15(19)10-17-6-4-16(3)5-7-17/h8-9,18H,4-7,10H2,1-3H3. The molecule has 0 aliphatic carbocycles. The third kappa shape index (κ3) is 3.33. The van der Waals surface area contributed by atoms with Crippen molar-refractivity contribution in [2.24, 2.45) is 0 Å². The van der Waals surface area contributed by atoms with E-state index in [1.165, 1.54) is 0 Å². The molecule has 1 N–H and O–H groups in total. The molecule has 1 heterocycles. The topological polar surface area (TPSA) is 43.8 Å². The largest absolute Gasteiger partial charge is 0.507 e. The number of carbonyl (C=O) groups excluding carboxylic acids is 1. The van der Waals surface area contributed by atoms with Gasteiger partial charge in [-0.25, -0.2) is 0 Å². The van der Waals surface area contributed by atoms with Crippen molar-refractivity contribution in [3.8, 4) is 5.75 Å². The number of phenolic OH excluding ortho intramolecular Hbond substituents is 1. The van der Waals surface area contributed by atoms with Gasteiger partial charge in [-0.15, -0.1) is 0 Å². The number of benzene rings is 1. The van der Waals surface area contributed by atoms with E-state index in [-0.39, 0.29) is 11.5 Å². The first kappa shape index (κ1) is 14.0. The van der Waals surface area contributed by atoms with E-state index in [9.17, 15) is 9.90 Å². The van der Waals surface area contributed by atoms with Gasteiger partial charge < -0.3 is 10.0 Å². The smallest absolute Gasteiger partial charge is 0.180 e. The summed E-state index contributed by atoms with van der Waals surface area (Å²) in [5.74, 6) is 0.104. The van der Waals surface area contributed by atoms with E-state index in [2.05, 4.69) is 16.8 Å². The Morgan fingerprint density at radius 1 is 1.16 bits per heavy atom. The molecule has 1 aromatic carbocycles. The lowest BCUT2D eigenvalue weighted by Gasteiger charge is -2.31. The molecule has 4 nitrogen and oxygen atoms in total. The number of rotatable bonds is 3. The Kier molecular flexibility index (Phi) is 4.22. The van der Waals surface area contributed by atoms with Crippen molar-refractivity contribution in [1.82, 2.24) is 9.80 Å². The average Bonchev–Trinajstić information content (AvgIpc) is 2.36. The second kappa shape index (κ2) is 5.72. The van der Waals surface area contributed by atoms with Crippen LogP contribution in [-0.4, -0.2) is 60.5 Å². The zero-order chi connectivity index (χ0) is 14.0. The summed E-state index contributed by atoms with van der Waals surface area (Å²) in [7, 11) is 2.09. The second-order valence-corrected chi connectivity index (χ2v) is 5.46. The van der Waals surface area contributed by atoms with Crippen LogP contribution in [0.4, 0.5) is 0 Å². The molecule has 0 saturated carbocycles. The summed E-state index contributed by atoms with van der Waals surface area (Å²) in [5.41, 5.74) is 2.50. The van der Waals surface area contributed by atoms with Gasteiger partial charge in [0.1, 0.15) is 5.75 Å². The van der Waals surface area contributed by atoms with Gasteiger partial charge in [-0.3, -0.25) is 9.69 Å². The van der Waals surface area contributed by atoms with Crippen molar-refractivity contribution in [1.29, 1.82) is 0 Å². The fraction of sp³-hybridized carbons (Fsp3) is 0.533. The molecule has 2 rings (SSSR count). The minimum absolute atomic E-state index is 0.00477. The maximum Gasteiger partial charge on any atom is 0.180 e. The van der Waals surface area contributed by atoms with Crippen molar-refractivity contribution in [3.63, 3.8) is 0 Å². The molecule has 104 valence electrons. The number of aromatic hydroxyl groups is 1. The Hall–Kier alpha value is -1.39. The van der Waals surface area contributed by atoms with Crippen LogP contribution in [0, 0.1) is 13.8 Å². The molecule has 0 unspecified atom stereocenters. The first-order valence-corrected chi connectivity index (χ1v) is 6.71. The summed E-state index contributed by atoms with van der Waals surface area (Å²) in [5, 5.41) is 9.91. The summed E-state index contributed by atoms with van der Waals surface area (Å²) in [6, 6.07) is 3.47. The SMILES string of the molecule is Cc1cc(O)c(C(=O)CN2CCN(C)CC2)cc1C. The summed E-state index contributed by atoms with van der Waals surface area (Å²) in [6.45, 7) is 8.09. The van der Waals surface area contributed by atoms with Crippen LogP contribution in [0.2, 0.25) is 0 Å². The fourth-order valence-corrected chi connectivity index (χ4v) is 2.32. The van der Waals surface area contributed by atoms with Crippen LogP contribution in [0.5, 0.6) is 5.75 Å². The molecule has 0 aromatic heterocycles. The summed E-state index contributed by atoms with van der Waals surface area (Å²) in [4.78, 5) is 16.7. The number of Topliss-reactive ketones (excluding diaryl/α,β-unsaturated/α-hetero) is 1. The van der Waals surface area contributed by atoms with E-state index in [0.29, 0.717) is 12.1 Å². The van der Waals surface area contributed by atoms with Crippen molar-refractivity contribution in [3.05, 3.63) is 28.8 Å². The molecule has 4 heteroatoms. The lowest BCUT2D eigenvalue weighted by molar-refractivity contribution is 0.0874. The number of ketones is 1. The molecule has 0 atom stereocenters. The highest BCUT2D eigenvalue weighted by molar-refractivity contribution is 6.00. The van der Waals surface area contributed by atoms with E-state index in [1.54, 1.807) is 12.1 Å². The predicted octanol–water partition coefficient (Wildman–Crippen LogP) is 1.44. The number of hydrogen-bond acceptors (Lipinski definition) is 4. The van der Waals surface area contributed by atoms with E-state index in [0.717, 1.165) is 37.3 Å². The summed E-state index contributed by atoms with van der Waals surface area (Å²) < 4.78 is 0. The van der Waals surface area contributed by atoms with Gasteiger partial charge in [0.25, 0.3) is 0 Å². The van der Waals surface area contributed by atoms with Crippen LogP contribution in [-0.2, 0) is 0 Å². The van der Waals surface area contributed by atoms with Gasteiger partial charge in [0, 0.05) is 26.2 Å². The Morgan fingerprint density at radius 3 is 2.37 bits per heavy atom. The first-order chi connectivity index (χ1) is 8.97. The fourth-order valence-electron chi connectivity index (χ4n) is 2.32. The maximum absolute atomic E-state index is 12.3. The minimum Gasteiger partial charge on any atom is -0.507 e. The normalized spacial score (nSPS) is 17.6. The van der Waals surface area contributed by atoms with Crippen LogP contribution in [0.1, 0.15) is 21.5 Å². The monoisotopic (exact) mass is 262 g/mol. The highest BCUT2D eigenvalue weighted by Crippen LogP contribution is 2.22. The summed E-state index contributed by atoms with van der Waals surface area (Å²) in [6.07, 6.45) is 0. The number of carbonyl (C=O) groups is 1. The van der Waals surface area contributed by atoms with Crippen LogP contribution >= 0.6 is 0 Å². The highest BCUT2D eigenvalue weighted by atomic mass is 16.3. The first-order valence-electron chi connectivity index (χ1n) is 6.71. The second-order valence-electron chi connectivity index (χ2n) is 5.46. The Bertz CT molecular complexity index is 477. The lowest BCUT2D eigenvalue weighted by atomic mass is 10.0. The number of piperazine rings is 1. The third-order valence-corrected chi connectivity index (χ3v) is 3.88. The summed E-state index contributed by atoms with van der Waals surface area (Å²) >= 11 is 0. The molecule has 1 aromatic rings. The van der Waals surface area contributed by atoms with E-state index >= 15 is 0 Å². The lowest BCUT2D eigenvalue weighted by Crippen LogP contribution is -2.46. The molecular weight excluding hydrogens is 240 g/mol. The van der Waals surface area contributed by atoms with Crippen LogP contribution in [0.15, 0.2) is 12.1 Å². The number of nitrogens with zero attached hydrogens (tertiary/aromatic N) is 2. The molecule has 0 amide bonds. The Labute approximate surface area is 114 Å². The van der Waals surface area contributed by atoms with Crippen molar-refractivity contribution >= 4 is 5.78 Å². The zero-order valence-corrected chi connectivity index (χ0v) is 11.9. The van der Waals surface area contributed by atoms with Gasteiger partial charge in [-0.2, -0.15) is 0 Å².